The number of pyridine rings is 1. The summed E-state index contributed by atoms with van der Waals surface area (Å²) in [6, 6.07) is 8.49. The number of hydrogen-bond acceptors (Lipinski definition) is 5. The van der Waals surface area contributed by atoms with Crippen molar-refractivity contribution < 1.29 is 19.1 Å². The molecule has 0 radical (unpaired) electrons. The van der Waals surface area contributed by atoms with Gasteiger partial charge in [0.15, 0.2) is 11.5 Å². The van der Waals surface area contributed by atoms with Crippen molar-refractivity contribution in [2.24, 2.45) is 0 Å². The lowest BCUT2D eigenvalue weighted by molar-refractivity contribution is 0.0950. The van der Waals surface area contributed by atoms with Crippen molar-refractivity contribution in [2.45, 2.75) is 6.54 Å². The lowest BCUT2D eigenvalue weighted by atomic mass is 10.1. The zero-order chi connectivity index (χ0) is 17.6. The Labute approximate surface area is 144 Å². The van der Waals surface area contributed by atoms with E-state index in [4.69, 9.17) is 9.47 Å². The molecule has 2 heterocycles. The molecule has 2 N–H and O–H groups in total. The van der Waals surface area contributed by atoms with Crippen LogP contribution in [0.3, 0.4) is 0 Å². The predicted molar refractivity (Wildman–Crippen MR) is 90.5 cm³/mol. The van der Waals surface area contributed by atoms with Gasteiger partial charge in [0.05, 0.1) is 0 Å². The van der Waals surface area contributed by atoms with Crippen molar-refractivity contribution in [2.75, 3.05) is 13.3 Å². The molecule has 1 aliphatic heterocycles. The van der Waals surface area contributed by atoms with Crippen LogP contribution in [0.25, 0.3) is 0 Å². The van der Waals surface area contributed by atoms with Gasteiger partial charge in [0.25, 0.3) is 11.8 Å². The van der Waals surface area contributed by atoms with Gasteiger partial charge in [-0.2, -0.15) is 0 Å². The van der Waals surface area contributed by atoms with E-state index < -0.39 is 0 Å². The minimum Gasteiger partial charge on any atom is -0.454 e. The number of aromatic nitrogens is 1. The first-order valence-corrected chi connectivity index (χ1v) is 7.69. The lowest BCUT2D eigenvalue weighted by Gasteiger charge is -2.07. The summed E-state index contributed by atoms with van der Waals surface area (Å²) < 4.78 is 10.6. The third-order valence-electron chi connectivity index (χ3n) is 3.55. The summed E-state index contributed by atoms with van der Waals surface area (Å²) in [6.07, 6.45) is 3.00. The molecule has 7 nitrogen and oxygen atoms in total. The number of rotatable bonds is 6. The second kappa shape index (κ2) is 7.48. The van der Waals surface area contributed by atoms with Gasteiger partial charge in [0.2, 0.25) is 6.79 Å². The number of benzene rings is 1. The van der Waals surface area contributed by atoms with Crippen molar-refractivity contribution in [1.29, 1.82) is 0 Å². The van der Waals surface area contributed by atoms with Gasteiger partial charge in [0.1, 0.15) is 5.69 Å². The molecule has 2 amide bonds. The predicted octanol–water partition coefficient (Wildman–Crippen LogP) is 1.66. The summed E-state index contributed by atoms with van der Waals surface area (Å²) in [5.74, 6) is 0.708. The van der Waals surface area contributed by atoms with Crippen molar-refractivity contribution in [3.63, 3.8) is 0 Å². The topological polar surface area (TPSA) is 89.6 Å². The molecule has 128 valence electrons. The van der Waals surface area contributed by atoms with Crippen LogP contribution in [0.1, 0.15) is 26.4 Å². The third kappa shape index (κ3) is 3.95. The average molecular weight is 339 g/mol. The molecule has 1 aliphatic rings. The van der Waals surface area contributed by atoms with Gasteiger partial charge in [-0.1, -0.05) is 12.1 Å². The van der Waals surface area contributed by atoms with Gasteiger partial charge < -0.3 is 20.1 Å². The van der Waals surface area contributed by atoms with Crippen LogP contribution in [-0.4, -0.2) is 30.1 Å². The highest BCUT2D eigenvalue weighted by molar-refractivity contribution is 5.98. The zero-order valence-corrected chi connectivity index (χ0v) is 13.5. The molecule has 0 saturated heterocycles. The normalized spacial score (nSPS) is 11.7. The summed E-state index contributed by atoms with van der Waals surface area (Å²) in [6.45, 7) is 4.40. The summed E-state index contributed by atoms with van der Waals surface area (Å²) in [7, 11) is 0. The molecule has 0 unspecified atom stereocenters. The molecule has 0 spiro atoms. The highest BCUT2D eigenvalue weighted by atomic mass is 16.7. The van der Waals surface area contributed by atoms with Crippen LogP contribution in [0.4, 0.5) is 0 Å². The first-order valence-electron chi connectivity index (χ1n) is 7.69. The molecule has 0 saturated carbocycles. The van der Waals surface area contributed by atoms with Crippen LogP contribution >= 0.6 is 0 Å². The molecule has 1 aromatic carbocycles. The van der Waals surface area contributed by atoms with Crippen LogP contribution in [-0.2, 0) is 6.54 Å². The molecule has 2 aromatic rings. The van der Waals surface area contributed by atoms with E-state index in [0.717, 1.165) is 5.56 Å². The smallest absolute Gasteiger partial charge is 0.270 e. The maximum absolute atomic E-state index is 12.3. The lowest BCUT2D eigenvalue weighted by Crippen LogP contribution is -2.26. The molecule has 0 fully saturated rings. The van der Waals surface area contributed by atoms with E-state index in [2.05, 4.69) is 22.2 Å². The first-order chi connectivity index (χ1) is 12.2. The molecule has 3 rings (SSSR count). The molecule has 0 aliphatic carbocycles. The van der Waals surface area contributed by atoms with Crippen molar-refractivity contribution in [3.8, 4) is 11.5 Å². The average Bonchev–Trinajstić information content (AvgIpc) is 3.12. The van der Waals surface area contributed by atoms with Crippen molar-refractivity contribution >= 4 is 11.8 Å². The van der Waals surface area contributed by atoms with Gasteiger partial charge in [0, 0.05) is 24.8 Å². The molecule has 0 bridgehead atoms. The quantitative estimate of drug-likeness (QED) is 0.781. The van der Waals surface area contributed by atoms with Gasteiger partial charge in [-0.05, 0) is 29.8 Å². The van der Waals surface area contributed by atoms with Crippen LogP contribution in [0.2, 0.25) is 0 Å². The standard InChI is InChI=1S/C18H17N3O4/c1-2-6-20-18(23)14-9-13(5-7-19-14)17(22)21-10-12-3-4-15-16(8-12)25-11-24-15/h2-5,7-9H,1,6,10-11H2,(H,20,23)(H,21,22). The van der Waals surface area contributed by atoms with Crippen molar-refractivity contribution in [1.82, 2.24) is 15.6 Å². The number of hydrogen-bond donors (Lipinski definition) is 2. The molecular formula is C18H17N3O4. The van der Waals surface area contributed by atoms with Gasteiger partial charge in [-0.3, -0.25) is 14.6 Å². The minimum absolute atomic E-state index is 0.178. The van der Waals surface area contributed by atoms with E-state index >= 15 is 0 Å². The molecule has 1 aromatic heterocycles. The summed E-state index contributed by atoms with van der Waals surface area (Å²) in [5.41, 5.74) is 1.42. The Hall–Kier alpha value is -3.35. The zero-order valence-electron chi connectivity index (χ0n) is 13.5. The van der Waals surface area contributed by atoms with Crippen molar-refractivity contribution in [3.05, 3.63) is 66.0 Å². The van der Waals surface area contributed by atoms with Crippen LogP contribution < -0.4 is 20.1 Å². The molecule has 0 atom stereocenters. The van der Waals surface area contributed by atoms with E-state index in [9.17, 15) is 9.59 Å². The van der Waals surface area contributed by atoms with E-state index in [0.29, 0.717) is 30.2 Å². The number of ether oxygens (including phenoxy) is 2. The second-order valence-corrected chi connectivity index (χ2v) is 5.30. The molecule has 7 heteroatoms. The van der Waals surface area contributed by atoms with Crippen LogP contribution in [0.15, 0.2) is 49.2 Å². The van der Waals surface area contributed by atoms with E-state index in [1.54, 1.807) is 18.2 Å². The Bertz CT molecular complexity index is 820. The Morgan fingerprint density at radius 3 is 2.80 bits per heavy atom. The number of fused-ring (bicyclic) bond motifs is 1. The number of carbonyl (C=O) groups is 2. The molecular weight excluding hydrogens is 322 g/mol. The number of nitrogens with zero attached hydrogens (tertiary/aromatic N) is 1. The Balaban J connectivity index is 1.63. The van der Waals surface area contributed by atoms with Crippen LogP contribution in [0.5, 0.6) is 11.5 Å². The number of nitrogens with one attached hydrogen (secondary N) is 2. The van der Waals surface area contributed by atoms with E-state index in [1.807, 2.05) is 12.1 Å². The highest BCUT2D eigenvalue weighted by Gasteiger charge is 2.14. The first kappa shape index (κ1) is 16.5. The number of carbonyl (C=O) groups excluding carboxylic acids is 2. The fourth-order valence-electron chi connectivity index (χ4n) is 2.29. The summed E-state index contributed by atoms with van der Waals surface area (Å²) in [4.78, 5) is 28.2. The fraction of sp³-hybridized carbons (Fsp3) is 0.167. The van der Waals surface area contributed by atoms with E-state index in [-0.39, 0.29) is 24.3 Å². The van der Waals surface area contributed by atoms with E-state index in [1.165, 1.54) is 12.3 Å². The Morgan fingerprint density at radius 2 is 1.96 bits per heavy atom. The largest absolute Gasteiger partial charge is 0.454 e. The fourth-order valence-corrected chi connectivity index (χ4v) is 2.29. The van der Waals surface area contributed by atoms with Gasteiger partial charge in [-0.15, -0.1) is 6.58 Å². The summed E-state index contributed by atoms with van der Waals surface area (Å²) >= 11 is 0. The monoisotopic (exact) mass is 339 g/mol. The second-order valence-electron chi connectivity index (χ2n) is 5.30. The summed E-state index contributed by atoms with van der Waals surface area (Å²) in [5, 5.41) is 5.42. The van der Waals surface area contributed by atoms with Gasteiger partial charge in [-0.25, -0.2) is 0 Å². The van der Waals surface area contributed by atoms with Gasteiger partial charge >= 0.3 is 0 Å². The molecule has 25 heavy (non-hydrogen) atoms. The Morgan fingerprint density at radius 1 is 1.12 bits per heavy atom. The highest BCUT2D eigenvalue weighted by Crippen LogP contribution is 2.32. The third-order valence-corrected chi connectivity index (χ3v) is 3.55. The minimum atomic E-state index is -0.356. The maximum Gasteiger partial charge on any atom is 0.270 e. The SMILES string of the molecule is C=CCNC(=O)c1cc(C(=O)NCc2ccc3c(c2)OCO3)ccn1. The Kier molecular flexibility index (Phi) is 4.94. The number of amides is 2. The van der Waals surface area contributed by atoms with Crippen LogP contribution in [0, 0.1) is 0 Å². The maximum atomic E-state index is 12.3.